The van der Waals surface area contributed by atoms with Crippen LogP contribution in [0.15, 0.2) is 16.3 Å². The number of urea groups is 1. The second-order valence-electron chi connectivity index (χ2n) is 3.50. The molecule has 1 aliphatic rings. The molecular weight excluding hydrogens is 276 g/mol. The fourth-order valence-electron chi connectivity index (χ4n) is 1.44. The van der Waals surface area contributed by atoms with Gasteiger partial charge in [-0.2, -0.15) is 0 Å². The predicted octanol–water partition coefficient (Wildman–Crippen LogP) is 1.09. The quantitative estimate of drug-likeness (QED) is 0.625. The Morgan fingerprint density at radius 1 is 1.56 bits per heavy atom. The molecule has 2 heterocycles. The van der Waals surface area contributed by atoms with Gasteiger partial charge in [0.2, 0.25) is 5.91 Å². The Hall–Kier alpha value is -1.54. The van der Waals surface area contributed by atoms with Gasteiger partial charge in [-0.05, 0) is 6.07 Å². The van der Waals surface area contributed by atoms with Gasteiger partial charge in [-0.1, -0.05) is 0 Å². The molecule has 1 aliphatic heterocycles. The van der Waals surface area contributed by atoms with Crippen molar-refractivity contribution in [1.29, 1.82) is 0 Å². The first-order valence-electron chi connectivity index (χ1n) is 5.11. The van der Waals surface area contributed by atoms with Gasteiger partial charge in [0.25, 0.3) is 0 Å². The van der Waals surface area contributed by atoms with Crippen molar-refractivity contribution in [2.45, 2.75) is 4.90 Å². The number of thiophene rings is 1. The number of hydrogen-bond acceptors (Lipinski definition) is 5. The van der Waals surface area contributed by atoms with Crippen molar-refractivity contribution >= 4 is 41.0 Å². The monoisotopic (exact) mass is 286 g/mol. The van der Waals surface area contributed by atoms with Gasteiger partial charge in [-0.25, -0.2) is 9.59 Å². The summed E-state index contributed by atoms with van der Waals surface area (Å²) in [5.74, 6) is -0.618. The minimum absolute atomic E-state index is 0.0606. The lowest BCUT2D eigenvalue weighted by molar-refractivity contribution is -0.124. The molecular formula is C10H10N2O4S2. The number of aromatic carboxylic acids is 1. The van der Waals surface area contributed by atoms with E-state index in [4.69, 9.17) is 5.11 Å². The van der Waals surface area contributed by atoms with Crippen molar-refractivity contribution in [3.05, 3.63) is 16.3 Å². The summed E-state index contributed by atoms with van der Waals surface area (Å²) in [6.45, 7) is 0.388. The average Bonchev–Trinajstić information content (AvgIpc) is 2.90. The first-order chi connectivity index (χ1) is 8.58. The third-order valence-electron chi connectivity index (χ3n) is 2.31. The standard InChI is InChI=1S/C10H10N2O4S2/c13-8-4-11-10(16)12(8)1-2-17-6-3-7(9(14)15)18-5-6/h3,5H,1-2,4H2,(H,11,16)(H,14,15). The van der Waals surface area contributed by atoms with Crippen molar-refractivity contribution in [2.75, 3.05) is 18.8 Å². The molecule has 1 aromatic heterocycles. The second kappa shape index (κ2) is 5.40. The molecule has 0 atom stereocenters. The highest BCUT2D eigenvalue weighted by Crippen LogP contribution is 2.24. The lowest BCUT2D eigenvalue weighted by Gasteiger charge is -2.10. The summed E-state index contributed by atoms with van der Waals surface area (Å²) in [5, 5.41) is 13.0. The van der Waals surface area contributed by atoms with E-state index in [1.165, 1.54) is 11.8 Å². The predicted molar refractivity (Wildman–Crippen MR) is 67.1 cm³/mol. The second-order valence-corrected chi connectivity index (χ2v) is 5.58. The van der Waals surface area contributed by atoms with Crippen LogP contribution in [0.25, 0.3) is 0 Å². The lowest BCUT2D eigenvalue weighted by atomic mass is 10.5. The molecule has 6 nitrogen and oxygen atoms in total. The number of carbonyl (C=O) groups is 3. The fraction of sp³-hybridized carbons (Fsp3) is 0.300. The Bertz CT molecular complexity index is 484. The summed E-state index contributed by atoms with van der Waals surface area (Å²) in [4.78, 5) is 35.5. The number of hydrogen-bond donors (Lipinski definition) is 2. The topological polar surface area (TPSA) is 86.7 Å². The number of nitrogens with zero attached hydrogens (tertiary/aromatic N) is 1. The van der Waals surface area contributed by atoms with E-state index in [-0.39, 0.29) is 23.4 Å². The van der Waals surface area contributed by atoms with Gasteiger partial charge in [-0.3, -0.25) is 9.69 Å². The molecule has 0 unspecified atom stereocenters. The molecule has 0 spiro atoms. The van der Waals surface area contributed by atoms with Gasteiger partial charge in [0, 0.05) is 22.6 Å². The molecule has 1 fully saturated rings. The fourth-order valence-corrected chi connectivity index (χ4v) is 3.25. The molecule has 0 aliphatic carbocycles. The van der Waals surface area contributed by atoms with Gasteiger partial charge >= 0.3 is 12.0 Å². The van der Waals surface area contributed by atoms with E-state index in [0.29, 0.717) is 12.3 Å². The highest BCUT2D eigenvalue weighted by molar-refractivity contribution is 7.99. The Morgan fingerprint density at radius 2 is 2.33 bits per heavy atom. The molecule has 1 aromatic rings. The molecule has 2 rings (SSSR count). The van der Waals surface area contributed by atoms with E-state index >= 15 is 0 Å². The summed E-state index contributed by atoms with van der Waals surface area (Å²) in [6, 6.07) is 1.22. The van der Waals surface area contributed by atoms with E-state index in [0.717, 1.165) is 21.1 Å². The van der Waals surface area contributed by atoms with Crippen molar-refractivity contribution in [2.24, 2.45) is 0 Å². The molecule has 0 radical (unpaired) electrons. The molecule has 1 saturated heterocycles. The number of nitrogens with one attached hydrogen (secondary N) is 1. The molecule has 8 heteroatoms. The summed E-state index contributed by atoms with van der Waals surface area (Å²) in [6.07, 6.45) is 0. The van der Waals surface area contributed by atoms with Crippen LogP contribution in [-0.4, -0.2) is 46.8 Å². The number of rotatable bonds is 5. The highest BCUT2D eigenvalue weighted by Gasteiger charge is 2.27. The van der Waals surface area contributed by atoms with E-state index in [1.807, 2.05) is 0 Å². The van der Waals surface area contributed by atoms with Crippen LogP contribution in [0, 0.1) is 0 Å². The lowest BCUT2D eigenvalue weighted by Crippen LogP contribution is -2.32. The van der Waals surface area contributed by atoms with Crippen LogP contribution in [0.3, 0.4) is 0 Å². The summed E-state index contributed by atoms with van der Waals surface area (Å²) >= 11 is 2.58. The summed E-state index contributed by atoms with van der Waals surface area (Å²) in [5.41, 5.74) is 0. The number of thioether (sulfide) groups is 1. The molecule has 96 valence electrons. The maximum atomic E-state index is 11.3. The van der Waals surface area contributed by atoms with Crippen molar-refractivity contribution in [3.8, 4) is 0 Å². The Balaban J connectivity index is 1.83. The molecule has 0 saturated carbocycles. The van der Waals surface area contributed by atoms with Crippen molar-refractivity contribution in [3.63, 3.8) is 0 Å². The van der Waals surface area contributed by atoms with E-state index in [2.05, 4.69) is 5.32 Å². The maximum Gasteiger partial charge on any atom is 0.345 e. The van der Waals surface area contributed by atoms with E-state index in [1.54, 1.807) is 11.4 Å². The van der Waals surface area contributed by atoms with E-state index < -0.39 is 5.97 Å². The van der Waals surface area contributed by atoms with Crippen LogP contribution in [0.5, 0.6) is 0 Å². The number of carboxylic acid groups (broad SMARTS) is 1. The van der Waals surface area contributed by atoms with Crippen LogP contribution < -0.4 is 5.32 Å². The molecule has 3 amide bonds. The Kier molecular flexibility index (Phi) is 3.87. The van der Waals surface area contributed by atoms with Crippen LogP contribution in [0.2, 0.25) is 0 Å². The Labute approximate surface area is 111 Å². The van der Waals surface area contributed by atoms with E-state index in [9.17, 15) is 14.4 Å². The maximum absolute atomic E-state index is 11.3. The minimum Gasteiger partial charge on any atom is -0.477 e. The number of imide groups is 1. The highest BCUT2D eigenvalue weighted by atomic mass is 32.2. The van der Waals surface area contributed by atoms with Gasteiger partial charge in [0.05, 0.1) is 6.54 Å². The van der Waals surface area contributed by atoms with Crippen LogP contribution in [0.1, 0.15) is 9.67 Å². The normalized spacial score (nSPS) is 15.0. The Morgan fingerprint density at radius 3 is 2.89 bits per heavy atom. The smallest absolute Gasteiger partial charge is 0.345 e. The number of amides is 3. The zero-order valence-corrected chi connectivity index (χ0v) is 10.8. The van der Waals surface area contributed by atoms with Crippen LogP contribution in [0.4, 0.5) is 4.79 Å². The number of carbonyl (C=O) groups excluding carboxylic acids is 2. The van der Waals surface area contributed by atoms with Gasteiger partial charge in [0.1, 0.15) is 4.88 Å². The van der Waals surface area contributed by atoms with Crippen molar-refractivity contribution < 1.29 is 19.5 Å². The zero-order chi connectivity index (χ0) is 13.1. The molecule has 0 aromatic carbocycles. The molecule has 0 bridgehead atoms. The molecule has 18 heavy (non-hydrogen) atoms. The van der Waals surface area contributed by atoms with Gasteiger partial charge < -0.3 is 10.4 Å². The zero-order valence-electron chi connectivity index (χ0n) is 9.21. The largest absolute Gasteiger partial charge is 0.477 e. The van der Waals surface area contributed by atoms with Gasteiger partial charge in [-0.15, -0.1) is 23.1 Å². The van der Waals surface area contributed by atoms with Crippen molar-refractivity contribution in [1.82, 2.24) is 10.2 Å². The average molecular weight is 286 g/mol. The summed E-state index contributed by atoms with van der Waals surface area (Å²) < 4.78 is 0. The first kappa shape index (κ1) is 12.9. The van der Waals surface area contributed by atoms with Crippen LogP contribution >= 0.6 is 23.1 Å². The third-order valence-corrected chi connectivity index (χ3v) is 4.33. The first-order valence-corrected chi connectivity index (χ1v) is 6.97. The minimum atomic E-state index is -0.944. The SMILES string of the molecule is O=C(O)c1cc(SCCN2C(=O)CNC2=O)cs1. The summed E-state index contributed by atoms with van der Waals surface area (Å²) in [7, 11) is 0. The molecule has 2 N–H and O–H groups in total. The third kappa shape index (κ3) is 2.82. The van der Waals surface area contributed by atoms with Crippen LogP contribution in [-0.2, 0) is 4.79 Å². The van der Waals surface area contributed by atoms with Gasteiger partial charge in [0.15, 0.2) is 0 Å². The number of carboxylic acids is 1.